The Morgan fingerprint density at radius 3 is 2.72 bits per heavy atom. The second-order valence-corrected chi connectivity index (χ2v) is 5.67. The zero-order chi connectivity index (χ0) is 13.5. The average molecular weight is 251 g/mol. The van der Waals surface area contributed by atoms with Crippen molar-refractivity contribution in [2.45, 2.75) is 45.3 Å². The molecule has 0 amide bonds. The highest BCUT2D eigenvalue weighted by Gasteiger charge is 2.28. The van der Waals surface area contributed by atoms with Crippen molar-refractivity contribution in [1.82, 2.24) is 0 Å². The van der Waals surface area contributed by atoms with Gasteiger partial charge in [0.15, 0.2) is 0 Å². The lowest BCUT2D eigenvalue weighted by Crippen LogP contribution is -2.24. The number of nitrogens with two attached hydrogens (primary N) is 1. The predicted molar refractivity (Wildman–Crippen MR) is 66.8 cm³/mol. The van der Waals surface area contributed by atoms with Crippen molar-refractivity contribution >= 4 is 5.97 Å². The molecule has 1 aromatic carbocycles. The summed E-state index contributed by atoms with van der Waals surface area (Å²) in [5, 5.41) is 0. The standard InChI is InChI=1S/C14H18FNO2/c1-14(2,3)18-13(17)11-7-8(15)6-10-9(11)4-5-12(10)16/h6-7,12H,4-5,16H2,1-3H3. The largest absolute Gasteiger partial charge is 0.456 e. The van der Waals surface area contributed by atoms with Gasteiger partial charge in [0.25, 0.3) is 0 Å². The average Bonchev–Trinajstić information content (AvgIpc) is 2.57. The van der Waals surface area contributed by atoms with Crippen molar-refractivity contribution in [3.05, 3.63) is 34.6 Å². The van der Waals surface area contributed by atoms with Crippen LogP contribution in [0.4, 0.5) is 4.39 Å². The third-order valence-corrected chi connectivity index (χ3v) is 2.97. The van der Waals surface area contributed by atoms with E-state index in [9.17, 15) is 9.18 Å². The van der Waals surface area contributed by atoms with E-state index in [1.54, 1.807) is 20.8 Å². The number of carbonyl (C=O) groups is 1. The molecule has 2 rings (SSSR count). The van der Waals surface area contributed by atoms with Gasteiger partial charge in [0, 0.05) is 6.04 Å². The molecule has 2 N–H and O–H groups in total. The molecule has 3 nitrogen and oxygen atoms in total. The number of benzene rings is 1. The summed E-state index contributed by atoms with van der Waals surface area (Å²) in [6, 6.07) is 2.48. The molecule has 0 heterocycles. The van der Waals surface area contributed by atoms with Gasteiger partial charge in [0.1, 0.15) is 11.4 Å². The smallest absolute Gasteiger partial charge is 0.339 e. The molecule has 1 atom stereocenters. The van der Waals surface area contributed by atoms with Crippen molar-refractivity contribution in [3.8, 4) is 0 Å². The second-order valence-electron chi connectivity index (χ2n) is 5.67. The Morgan fingerprint density at radius 1 is 1.44 bits per heavy atom. The van der Waals surface area contributed by atoms with Crippen LogP contribution in [0.15, 0.2) is 12.1 Å². The Morgan fingerprint density at radius 2 is 2.11 bits per heavy atom. The maximum Gasteiger partial charge on any atom is 0.339 e. The topological polar surface area (TPSA) is 52.3 Å². The van der Waals surface area contributed by atoms with Crippen molar-refractivity contribution < 1.29 is 13.9 Å². The molecule has 0 fully saturated rings. The predicted octanol–water partition coefficient (Wildman–Crippen LogP) is 2.73. The normalized spacial score (nSPS) is 18.6. The molecule has 0 radical (unpaired) electrons. The van der Waals surface area contributed by atoms with Crippen molar-refractivity contribution in [2.24, 2.45) is 5.73 Å². The van der Waals surface area contributed by atoms with E-state index < -0.39 is 17.4 Å². The molecule has 4 heteroatoms. The third kappa shape index (κ3) is 2.53. The van der Waals surface area contributed by atoms with Gasteiger partial charge < -0.3 is 10.5 Å². The number of halogens is 1. The lowest BCUT2D eigenvalue weighted by Gasteiger charge is -2.20. The van der Waals surface area contributed by atoms with E-state index in [0.717, 1.165) is 17.5 Å². The van der Waals surface area contributed by atoms with Crippen LogP contribution in [0.2, 0.25) is 0 Å². The molecule has 0 aliphatic heterocycles. The Hall–Kier alpha value is -1.42. The first-order valence-corrected chi connectivity index (χ1v) is 6.09. The lowest BCUT2D eigenvalue weighted by atomic mass is 10.0. The zero-order valence-electron chi connectivity index (χ0n) is 10.9. The fourth-order valence-corrected chi connectivity index (χ4v) is 2.24. The molecule has 0 aromatic heterocycles. The summed E-state index contributed by atoms with van der Waals surface area (Å²) in [6.07, 6.45) is 1.44. The number of hydrogen-bond acceptors (Lipinski definition) is 3. The third-order valence-electron chi connectivity index (χ3n) is 2.97. The first kappa shape index (κ1) is 13.0. The molecule has 0 saturated carbocycles. The lowest BCUT2D eigenvalue weighted by molar-refractivity contribution is 0.00679. The van der Waals surface area contributed by atoms with Gasteiger partial charge in [-0.25, -0.2) is 9.18 Å². The van der Waals surface area contributed by atoms with Gasteiger partial charge in [-0.05, 0) is 56.9 Å². The highest BCUT2D eigenvalue weighted by molar-refractivity contribution is 5.92. The van der Waals surface area contributed by atoms with Crippen LogP contribution in [-0.2, 0) is 11.2 Å². The molecule has 1 aliphatic carbocycles. The number of hydrogen-bond donors (Lipinski definition) is 1. The Kier molecular flexibility index (Phi) is 3.15. The second kappa shape index (κ2) is 4.35. The summed E-state index contributed by atoms with van der Waals surface area (Å²) in [6.45, 7) is 5.36. The Bertz CT molecular complexity index is 491. The van der Waals surface area contributed by atoms with Crippen molar-refractivity contribution in [3.63, 3.8) is 0 Å². The summed E-state index contributed by atoms with van der Waals surface area (Å²) in [5.41, 5.74) is 7.18. The van der Waals surface area contributed by atoms with E-state index in [1.165, 1.54) is 12.1 Å². The van der Waals surface area contributed by atoms with Gasteiger partial charge in [-0.1, -0.05) is 0 Å². The first-order valence-electron chi connectivity index (χ1n) is 6.09. The van der Waals surface area contributed by atoms with Crippen LogP contribution in [0.1, 0.15) is 54.7 Å². The van der Waals surface area contributed by atoms with Gasteiger partial charge in [-0.15, -0.1) is 0 Å². The van der Waals surface area contributed by atoms with Crippen LogP contribution in [0.25, 0.3) is 0 Å². The van der Waals surface area contributed by atoms with Crippen molar-refractivity contribution in [1.29, 1.82) is 0 Å². The van der Waals surface area contributed by atoms with Gasteiger partial charge in [0.2, 0.25) is 0 Å². The Labute approximate surface area is 106 Å². The van der Waals surface area contributed by atoms with E-state index in [-0.39, 0.29) is 6.04 Å². The molecular formula is C14H18FNO2. The molecule has 18 heavy (non-hydrogen) atoms. The number of rotatable bonds is 1. The van der Waals surface area contributed by atoms with E-state index in [2.05, 4.69) is 0 Å². The molecule has 1 unspecified atom stereocenters. The minimum atomic E-state index is -0.586. The van der Waals surface area contributed by atoms with Gasteiger partial charge in [-0.3, -0.25) is 0 Å². The van der Waals surface area contributed by atoms with Gasteiger partial charge >= 0.3 is 5.97 Å². The summed E-state index contributed by atoms with van der Waals surface area (Å²) < 4.78 is 18.8. The zero-order valence-corrected chi connectivity index (χ0v) is 10.9. The van der Waals surface area contributed by atoms with Crippen molar-refractivity contribution in [2.75, 3.05) is 0 Å². The highest BCUT2D eigenvalue weighted by Crippen LogP contribution is 2.33. The van der Waals surface area contributed by atoms with E-state index >= 15 is 0 Å². The van der Waals surface area contributed by atoms with Crippen LogP contribution in [-0.4, -0.2) is 11.6 Å². The van der Waals surface area contributed by atoms with Crippen LogP contribution >= 0.6 is 0 Å². The summed E-state index contributed by atoms with van der Waals surface area (Å²) in [4.78, 5) is 12.0. The van der Waals surface area contributed by atoms with Crippen LogP contribution in [0.3, 0.4) is 0 Å². The molecule has 98 valence electrons. The van der Waals surface area contributed by atoms with Crippen LogP contribution < -0.4 is 5.73 Å². The summed E-state index contributed by atoms with van der Waals surface area (Å²) >= 11 is 0. The summed E-state index contributed by atoms with van der Waals surface area (Å²) in [7, 11) is 0. The van der Waals surface area contributed by atoms with E-state index in [0.29, 0.717) is 12.0 Å². The van der Waals surface area contributed by atoms with Gasteiger partial charge in [0.05, 0.1) is 5.56 Å². The molecule has 1 aromatic rings. The van der Waals surface area contributed by atoms with Gasteiger partial charge in [-0.2, -0.15) is 0 Å². The monoisotopic (exact) mass is 251 g/mol. The number of carbonyl (C=O) groups excluding carboxylic acids is 1. The summed E-state index contributed by atoms with van der Waals surface area (Å²) in [5.74, 6) is -0.917. The van der Waals surface area contributed by atoms with Crippen LogP contribution in [0, 0.1) is 5.82 Å². The molecular weight excluding hydrogens is 233 g/mol. The fraction of sp³-hybridized carbons (Fsp3) is 0.500. The SMILES string of the molecule is CC(C)(C)OC(=O)c1cc(F)cc2c1CCC2N. The number of esters is 1. The number of ether oxygens (including phenoxy) is 1. The Balaban J connectivity index is 2.40. The first-order chi connectivity index (χ1) is 8.28. The molecule has 0 spiro atoms. The minimum Gasteiger partial charge on any atom is -0.456 e. The van der Waals surface area contributed by atoms with E-state index in [1.807, 2.05) is 0 Å². The molecule has 0 saturated heterocycles. The molecule has 0 bridgehead atoms. The highest BCUT2D eigenvalue weighted by atomic mass is 19.1. The van der Waals surface area contributed by atoms with E-state index in [4.69, 9.17) is 10.5 Å². The maximum atomic E-state index is 13.5. The molecule has 1 aliphatic rings. The van der Waals surface area contributed by atoms with Crippen LogP contribution in [0.5, 0.6) is 0 Å². The number of fused-ring (bicyclic) bond motifs is 1. The fourth-order valence-electron chi connectivity index (χ4n) is 2.24. The maximum absolute atomic E-state index is 13.5. The minimum absolute atomic E-state index is 0.183. The quantitative estimate of drug-likeness (QED) is 0.781.